The van der Waals surface area contributed by atoms with Crippen molar-refractivity contribution < 1.29 is 85.6 Å². The summed E-state index contributed by atoms with van der Waals surface area (Å²) in [5, 5.41) is 9.81. The average Bonchev–Trinajstić information content (AvgIpc) is 2.26. The number of nitrogens with one attached hydrogen (secondary N) is 1. The van der Waals surface area contributed by atoms with Crippen molar-refractivity contribution >= 4 is 11.9 Å². The van der Waals surface area contributed by atoms with E-state index in [1.54, 1.807) is 14.0 Å². The predicted molar refractivity (Wildman–Crippen MR) is 82.0 cm³/mol. The molecule has 0 aromatic rings. The third-order valence-electron chi connectivity index (χ3n) is 0.352. The Bertz CT molecular complexity index is 116. The maximum absolute atomic E-state index is 9.70. The van der Waals surface area contributed by atoms with E-state index in [4.69, 9.17) is 9.90 Å². The van der Waals surface area contributed by atoms with E-state index in [1.807, 2.05) is 13.8 Å². The molecular weight excluding hydrogens is 414 g/mol. The molecule has 0 rings (SSSR count). The van der Waals surface area contributed by atoms with Crippen LogP contribution in [0, 0.1) is 21.8 Å². The summed E-state index contributed by atoms with van der Waals surface area (Å²) >= 11 is 0. The Hall–Kier alpha value is 1.07. The second-order valence-electron chi connectivity index (χ2n) is 1.33. The van der Waals surface area contributed by atoms with Gasteiger partial charge in [-0.25, -0.2) is 0 Å². The van der Waals surface area contributed by atoms with Crippen molar-refractivity contribution in [3.05, 3.63) is 21.8 Å². The number of carbonyl (C=O) groups excluding carboxylic acids is 1. The molecule has 0 aromatic heterocycles. The Morgan fingerprint density at radius 3 is 1.05 bits per heavy atom. The number of rotatable bonds is 0. The SMILES string of the molecule is CC.CC(=O)O.CN.CNC(C)=O.O.[CH2-]C.[CH3-].[CH3-].[Y].[Y]. The van der Waals surface area contributed by atoms with E-state index in [-0.39, 0.29) is 91.7 Å². The summed E-state index contributed by atoms with van der Waals surface area (Å²) in [6.45, 7) is 11.6. The van der Waals surface area contributed by atoms with Crippen molar-refractivity contribution in [2.45, 2.75) is 34.6 Å². The third kappa shape index (κ3) is 661. The van der Waals surface area contributed by atoms with Crippen molar-refractivity contribution in [2.75, 3.05) is 14.1 Å². The van der Waals surface area contributed by atoms with Gasteiger partial charge in [-0.05, 0) is 7.05 Å². The summed E-state index contributed by atoms with van der Waals surface area (Å²) in [4.78, 5) is 18.7. The van der Waals surface area contributed by atoms with E-state index >= 15 is 0 Å². The van der Waals surface area contributed by atoms with Gasteiger partial charge in [-0.2, -0.15) is 6.92 Å². The average molecular weight is 449 g/mol. The zero-order chi connectivity index (χ0) is 13.9. The van der Waals surface area contributed by atoms with Crippen LogP contribution in [0.2, 0.25) is 0 Å². The van der Waals surface area contributed by atoms with E-state index in [9.17, 15) is 4.79 Å². The zero-order valence-corrected chi connectivity index (χ0v) is 20.4. The van der Waals surface area contributed by atoms with E-state index in [0.717, 1.165) is 6.92 Å². The molecule has 0 aromatic carbocycles. The van der Waals surface area contributed by atoms with E-state index in [1.165, 1.54) is 14.0 Å². The minimum Gasteiger partial charge on any atom is -0.481 e. The second-order valence-corrected chi connectivity index (χ2v) is 1.33. The summed E-state index contributed by atoms with van der Waals surface area (Å²) in [6, 6.07) is 0. The van der Waals surface area contributed by atoms with E-state index in [0.29, 0.717) is 0 Å². The molecule has 0 saturated carbocycles. The molecule has 20 heavy (non-hydrogen) atoms. The van der Waals surface area contributed by atoms with Crippen LogP contribution < -0.4 is 11.1 Å². The molecular formula is C12H35N2O4Y2-3. The Labute approximate surface area is 177 Å². The van der Waals surface area contributed by atoms with Gasteiger partial charge in [-0.15, -0.1) is 0 Å². The largest absolute Gasteiger partial charge is 0.481 e. The van der Waals surface area contributed by atoms with Crippen LogP contribution in [0.1, 0.15) is 34.6 Å². The first-order chi connectivity index (χ1) is 7.00. The molecule has 2 radical (unpaired) electrons. The van der Waals surface area contributed by atoms with Crippen LogP contribution in [0.5, 0.6) is 0 Å². The number of carbonyl (C=O) groups is 2. The monoisotopic (exact) mass is 449 g/mol. The zero-order valence-electron chi connectivity index (χ0n) is 14.7. The normalized spacial score (nSPS) is 3.85. The van der Waals surface area contributed by atoms with Crippen LogP contribution in [0.3, 0.4) is 0 Å². The van der Waals surface area contributed by atoms with Gasteiger partial charge in [0.2, 0.25) is 5.91 Å². The number of nitrogens with two attached hydrogens (primary N) is 1. The first-order valence-electron chi connectivity index (χ1n) is 4.67. The Kier molecular flexibility index (Phi) is 388. The van der Waals surface area contributed by atoms with Gasteiger partial charge < -0.3 is 43.4 Å². The van der Waals surface area contributed by atoms with Crippen molar-refractivity contribution in [2.24, 2.45) is 5.73 Å². The van der Waals surface area contributed by atoms with Gasteiger partial charge in [0, 0.05) is 86.3 Å². The molecule has 0 spiro atoms. The number of hydrogen-bond donors (Lipinski definition) is 3. The fourth-order valence-electron chi connectivity index (χ4n) is 0. The standard InChI is InChI=1S/C3H7NO.C2H4O2.C2H6.C2H5.CH5N.2CH3.H2O.2Y/c1-3(5)4-2;1-2(3)4;3*1-2;;;;;/h1-2H3,(H,4,5);1H3,(H,3,4);1-2H3;1H2,2H3;2H2,1H3;2*1H3;1H2;;/q;;;-1;;2*-1;;;. The summed E-state index contributed by atoms with van der Waals surface area (Å²) in [6.07, 6.45) is 0. The molecule has 6 N–H and O–H groups in total. The molecule has 0 fully saturated rings. The summed E-state index contributed by atoms with van der Waals surface area (Å²) in [7, 11) is 3.10. The van der Waals surface area contributed by atoms with Crippen LogP contribution in [-0.4, -0.2) is 36.6 Å². The molecule has 1 amide bonds. The molecule has 126 valence electrons. The quantitative estimate of drug-likeness (QED) is 0.483. The van der Waals surface area contributed by atoms with Gasteiger partial charge in [0.25, 0.3) is 5.97 Å². The number of carboxylic acids is 1. The number of amides is 1. The van der Waals surface area contributed by atoms with Crippen LogP contribution in [0.15, 0.2) is 0 Å². The van der Waals surface area contributed by atoms with Gasteiger partial charge in [0.1, 0.15) is 0 Å². The van der Waals surface area contributed by atoms with E-state index in [2.05, 4.69) is 18.0 Å². The topological polar surface area (TPSA) is 124 Å². The van der Waals surface area contributed by atoms with Gasteiger partial charge in [-0.3, -0.25) is 9.59 Å². The van der Waals surface area contributed by atoms with Crippen LogP contribution in [-0.2, 0) is 75.0 Å². The molecule has 0 aliphatic rings. The Balaban J connectivity index is -0.00000000776. The molecule has 6 nitrogen and oxygen atoms in total. The smallest absolute Gasteiger partial charge is 0.300 e. The second kappa shape index (κ2) is 112. The molecule has 0 saturated heterocycles. The molecule has 0 unspecified atom stereocenters. The summed E-state index contributed by atoms with van der Waals surface area (Å²) in [5.74, 6) is -0.829. The maximum atomic E-state index is 9.70. The molecule has 0 atom stereocenters. The van der Waals surface area contributed by atoms with Crippen molar-refractivity contribution in [3.8, 4) is 0 Å². The first kappa shape index (κ1) is 69.3. The number of carboxylic acid groups (broad SMARTS) is 1. The molecule has 0 aliphatic heterocycles. The van der Waals surface area contributed by atoms with Crippen molar-refractivity contribution in [1.29, 1.82) is 0 Å². The fraction of sp³-hybridized carbons (Fsp3) is 0.583. The predicted octanol–water partition coefficient (Wildman–Crippen LogP) is 1.36. The van der Waals surface area contributed by atoms with Crippen LogP contribution in [0.25, 0.3) is 0 Å². The molecule has 0 bridgehead atoms. The van der Waals surface area contributed by atoms with Crippen molar-refractivity contribution in [3.63, 3.8) is 0 Å². The van der Waals surface area contributed by atoms with Crippen LogP contribution >= 0.6 is 0 Å². The minimum atomic E-state index is -0.833. The molecule has 0 heterocycles. The van der Waals surface area contributed by atoms with Gasteiger partial charge in [0.15, 0.2) is 0 Å². The Morgan fingerprint density at radius 1 is 1.00 bits per heavy atom. The van der Waals surface area contributed by atoms with Gasteiger partial charge in [0.05, 0.1) is 0 Å². The Morgan fingerprint density at radius 2 is 1.05 bits per heavy atom. The number of aliphatic carboxylic acids is 1. The van der Waals surface area contributed by atoms with Gasteiger partial charge in [-0.1, -0.05) is 13.8 Å². The summed E-state index contributed by atoms with van der Waals surface area (Å²) in [5.41, 5.74) is 4.50. The molecule has 8 heteroatoms. The minimum absolute atomic E-state index is 0. The maximum Gasteiger partial charge on any atom is 0.300 e. The third-order valence-corrected chi connectivity index (χ3v) is 0.352. The fourth-order valence-corrected chi connectivity index (χ4v) is 0. The van der Waals surface area contributed by atoms with E-state index < -0.39 is 5.97 Å². The molecule has 0 aliphatic carbocycles. The number of hydrogen-bond acceptors (Lipinski definition) is 3. The van der Waals surface area contributed by atoms with Crippen LogP contribution in [0.4, 0.5) is 0 Å². The first-order valence-corrected chi connectivity index (χ1v) is 4.67. The van der Waals surface area contributed by atoms with Gasteiger partial charge >= 0.3 is 0 Å². The summed E-state index contributed by atoms with van der Waals surface area (Å²) < 4.78 is 0. The van der Waals surface area contributed by atoms with Crippen molar-refractivity contribution in [1.82, 2.24) is 5.32 Å².